The SMILES string of the molecule is CC1NCSC(C)(C)S1. The molecule has 0 aromatic carbocycles. The second-order valence-corrected chi connectivity index (χ2v) is 6.47. The van der Waals surface area contributed by atoms with E-state index in [4.69, 9.17) is 0 Å². The minimum absolute atomic E-state index is 0.421. The van der Waals surface area contributed by atoms with Gasteiger partial charge in [-0.05, 0) is 20.8 Å². The van der Waals surface area contributed by atoms with Gasteiger partial charge in [-0.3, -0.25) is 5.32 Å². The highest BCUT2D eigenvalue weighted by atomic mass is 32.2. The lowest BCUT2D eigenvalue weighted by Crippen LogP contribution is -2.34. The summed E-state index contributed by atoms with van der Waals surface area (Å²) in [6.45, 7) is 6.77. The van der Waals surface area contributed by atoms with Gasteiger partial charge in [0.2, 0.25) is 0 Å². The Kier molecular flexibility index (Phi) is 2.35. The zero-order chi connectivity index (χ0) is 6.91. The van der Waals surface area contributed by atoms with Gasteiger partial charge in [0.1, 0.15) is 0 Å². The van der Waals surface area contributed by atoms with Crippen LogP contribution in [0, 0.1) is 0 Å². The summed E-state index contributed by atoms with van der Waals surface area (Å²) in [5, 5.41) is 3.99. The molecule has 1 aliphatic heterocycles. The van der Waals surface area contributed by atoms with Crippen molar-refractivity contribution in [1.82, 2.24) is 5.32 Å². The van der Waals surface area contributed by atoms with Crippen LogP contribution in [0.15, 0.2) is 0 Å². The molecular weight excluding hydrogens is 150 g/mol. The van der Waals surface area contributed by atoms with Crippen LogP contribution in [-0.4, -0.2) is 15.3 Å². The highest BCUT2D eigenvalue weighted by molar-refractivity contribution is 8.18. The molecule has 1 unspecified atom stereocenters. The third-order valence-corrected chi connectivity index (χ3v) is 3.99. The van der Waals surface area contributed by atoms with Gasteiger partial charge in [0.25, 0.3) is 0 Å². The summed E-state index contributed by atoms with van der Waals surface area (Å²) in [4.78, 5) is 0. The highest BCUT2D eigenvalue weighted by Crippen LogP contribution is 2.40. The van der Waals surface area contributed by atoms with Crippen molar-refractivity contribution in [2.24, 2.45) is 0 Å². The largest absolute Gasteiger partial charge is 0.296 e. The Balaban J connectivity index is 2.41. The Morgan fingerprint density at radius 1 is 1.56 bits per heavy atom. The fourth-order valence-corrected chi connectivity index (χ4v) is 3.52. The fraction of sp³-hybridized carbons (Fsp3) is 1.00. The second kappa shape index (κ2) is 2.72. The minimum atomic E-state index is 0.421. The normalized spacial score (nSPS) is 34.3. The van der Waals surface area contributed by atoms with E-state index in [-0.39, 0.29) is 0 Å². The van der Waals surface area contributed by atoms with Crippen molar-refractivity contribution in [1.29, 1.82) is 0 Å². The van der Waals surface area contributed by atoms with E-state index in [1.165, 1.54) is 0 Å². The lowest BCUT2D eigenvalue weighted by atomic mass is 10.5. The molecule has 1 N–H and O–H groups in total. The van der Waals surface area contributed by atoms with Gasteiger partial charge in [-0.2, -0.15) is 0 Å². The van der Waals surface area contributed by atoms with Crippen molar-refractivity contribution >= 4 is 23.5 Å². The molecule has 0 amide bonds. The molecular formula is C6H13NS2. The molecule has 1 heterocycles. The first kappa shape index (κ1) is 7.76. The van der Waals surface area contributed by atoms with Gasteiger partial charge in [-0.1, -0.05) is 0 Å². The number of hydrogen-bond donors (Lipinski definition) is 1. The lowest BCUT2D eigenvalue weighted by molar-refractivity contribution is 0.759. The van der Waals surface area contributed by atoms with Crippen LogP contribution in [0.1, 0.15) is 20.8 Å². The second-order valence-electron chi connectivity index (χ2n) is 2.65. The van der Waals surface area contributed by atoms with Crippen molar-refractivity contribution in [2.45, 2.75) is 30.2 Å². The quantitative estimate of drug-likeness (QED) is 0.587. The van der Waals surface area contributed by atoms with Crippen molar-refractivity contribution in [3.05, 3.63) is 0 Å². The van der Waals surface area contributed by atoms with Crippen LogP contribution in [-0.2, 0) is 0 Å². The van der Waals surface area contributed by atoms with Gasteiger partial charge in [-0.15, -0.1) is 23.5 Å². The Morgan fingerprint density at radius 2 is 2.22 bits per heavy atom. The van der Waals surface area contributed by atoms with E-state index >= 15 is 0 Å². The van der Waals surface area contributed by atoms with Gasteiger partial charge >= 0.3 is 0 Å². The topological polar surface area (TPSA) is 12.0 Å². The zero-order valence-corrected chi connectivity index (χ0v) is 7.73. The Morgan fingerprint density at radius 3 is 2.56 bits per heavy atom. The molecule has 0 aliphatic carbocycles. The van der Waals surface area contributed by atoms with Crippen molar-refractivity contribution < 1.29 is 0 Å². The maximum Gasteiger partial charge on any atom is 0.0583 e. The predicted molar refractivity (Wildman–Crippen MR) is 46.7 cm³/mol. The van der Waals surface area contributed by atoms with Gasteiger partial charge in [-0.25, -0.2) is 0 Å². The summed E-state index contributed by atoms with van der Waals surface area (Å²) in [5.41, 5.74) is 0. The van der Waals surface area contributed by atoms with Crippen LogP contribution < -0.4 is 5.32 Å². The molecule has 0 spiro atoms. The van der Waals surface area contributed by atoms with E-state index in [0.717, 1.165) is 5.88 Å². The van der Waals surface area contributed by atoms with E-state index in [2.05, 4.69) is 26.1 Å². The molecule has 0 saturated carbocycles. The lowest BCUT2D eigenvalue weighted by Gasteiger charge is -2.32. The summed E-state index contributed by atoms with van der Waals surface area (Å²) in [6, 6.07) is 0. The van der Waals surface area contributed by atoms with Gasteiger partial charge in [0.15, 0.2) is 0 Å². The zero-order valence-electron chi connectivity index (χ0n) is 6.10. The van der Waals surface area contributed by atoms with E-state index in [9.17, 15) is 0 Å². The number of nitrogens with one attached hydrogen (secondary N) is 1. The molecule has 1 rings (SSSR count). The highest BCUT2D eigenvalue weighted by Gasteiger charge is 2.25. The van der Waals surface area contributed by atoms with E-state index in [0.29, 0.717) is 9.45 Å². The summed E-state index contributed by atoms with van der Waals surface area (Å²) >= 11 is 3.97. The maximum atomic E-state index is 3.36. The predicted octanol–water partition coefficient (Wildman–Crippen LogP) is 2.10. The fourth-order valence-electron chi connectivity index (χ4n) is 0.834. The molecule has 0 aromatic heterocycles. The first-order chi connectivity index (χ1) is 4.10. The third kappa shape index (κ3) is 2.40. The van der Waals surface area contributed by atoms with Crippen LogP contribution in [0.3, 0.4) is 0 Å². The summed E-state index contributed by atoms with van der Waals surface area (Å²) < 4.78 is 0.421. The van der Waals surface area contributed by atoms with Gasteiger partial charge in [0, 0.05) is 5.88 Å². The van der Waals surface area contributed by atoms with Crippen molar-refractivity contribution in [2.75, 3.05) is 5.88 Å². The summed E-state index contributed by atoms with van der Waals surface area (Å²) in [6.07, 6.45) is 0. The van der Waals surface area contributed by atoms with Gasteiger partial charge in [0.05, 0.1) is 9.45 Å². The molecule has 0 radical (unpaired) electrons. The van der Waals surface area contributed by atoms with Crippen LogP contribution in [0.5, 0.6) is 0 Å². The van der Waals surface area contributed by atoms with E-state index in [1.54, 1.807) is 0 Å². The monoisotopic (exact) mass is 163 g/mol. The van der Waals surface area contributed by atoms with Crippen LogP contribution in [0.25, 0.3) is 0 Å². The van der Waals surface area contributed by atoms with Crippen molar-refractivity contribution in [3.63, 3.8) is 0 Å². The Hall–Kier alpha value is 0.660. The Bertz CT molecular complexity index is 103. The number of thioether (sulfide) groups is 2. The Labute approximate surface area is 65.4 Å². The third-order valence-electron chi connectivity index (χ3n) is 1.25. The standard InChI is InChI=1S/C6H13NS2/c1-5-7-4-8-6(2,3)9-5/h5,7H,4H2,1-3H3. The van der Waals surface area contributed by atoms with Gasteiger partial charge < -0.3 is 0 Å². The molecule has 1 atom stereocenters. The first-order valence-corrected chi connectivity index (χ1v) is 5.02. The van der Waals surface area contributed by atoms with Crippen LogP contribution in [0.2, 0.25) is 0 Å². The molecule has 1 aliphatic rings. The molecule has 0 bridgehead atoms. The van der Waals surface area contributed by atoms with Crippen LogP contribution in [0.4, 0.5) is 0 Å². The smallest absolute Gasteiger partial charge is 0.0583 e. The number of rotatable bonds is 0. The van der Waals surface area contributed by atoms with E-state index < -0.39 is 0 Å². The van der Waals surface area contributed by atoms with Crippen LogP contribution >= 0.6 is 23.5 Å². The average molecular weight is 163 g/mol. The molecule has 9 heavy (non-hydrogen) atoms. The van der Waals surface area contributed by atoms with Crippen molar-refractivity contribution in [3.8, 4) is 0 Å². The molecule has 1 nitrogen and oxygen atoms in total. The summed E-state index contributed by atoms with van der Waals surface area (Å²) in [5.74, 6) is 1.10. The van der Waals surface area contributed by atoms with E-state index in [1.807, 2.05) is 23.5 Å². The number of hydrogen-bond acceptors (Lipinski definition) is 3. The first-order valence-electron chi connectivity index (χ1n) is 3.15. The molecule has 3 heteroatoms. The molecule has 54 valence electrons. The molecule has 1 fully saturated rings. The molecule has 1 saturated heterocycles. The maximum absolute atomic E-state index is 3.36. The minimum Gasteiger partial charge on any atom is -0.296 e. The average Bonchev–Trinajstić information content (AvgIpc) is 1.60. The molecule has 0 aromatic rings. The summed E-state index contributed by atoms with van der Waals surface area (Å²) in [7, 11) is 0.